The lowest BCUT2D eigenvalue weighted by atomic mass is 9.90. The van der Waals surface area contributed by atoms with Crippen LogP contribution in [0.1, 0.15) is 65.2 Å². The fraction of sp³-hybridized carbons (Fsp3) is 0.571. The van der Waals surface area contributed by atoms with Gasteiger partial charge in [0.05, 0.1) is 6.54 Å². The van der Waals surface area contributed by atoms with Crippen LogP contribution in [-0.2, 0) is 29.5 Å². The Morgan fingerprint density at radius 1 is 1.08 bits per heavy atom. The van der Waals surface area contributed by atoms with Gasteiger partial charge in [-0.25, -0.2) is 0 Å². The minimum absolute atomic E-state index is 0.0108. The number of carbonyl (C=O) groups excluding carboxylic acids is 4. The Bertz CT molecular complexity index is 1210. The predicted octanol–water partition coefficient (Wildman–Crippen LogP) is 1.28. The van der Waals surface area contributed by atoms with Gasteiger partial charge in [0, 0.05) is 82.0 Å². The third-order valence-electron chi connectivity index (χ3n) is 7.55. The van der Waals surface area contributed by atoms with E-state index in [-0.39, 0.29) is 61.6 Å². The minimum Gasteiger partial charge on any atom is -0.349 e. The highest BCUT2D eigenvalue weighted by atomic mass is 16.2. The highest BCUT2D eigenvalue weighted by molar-refractivity contribution is 5.95. The van der Waals surface area contributed by atoms with Gasteiger partial charge in [-0.3, -0.25) is 28.8 Å². The van der Waals surface area contributed by atoms with Crippen LogP contribution in [0, 0.1) is 5.92 Å². The lowest BCUT2D eigenvalue weighted by molar-refractivity contribution is -0.141. The molecular weight excluding hydrogens is 498 g/mol. The summed E-state index contributed by atoms with van der Waals surface area (Å²) in [5.74, 6) is -0.490. The molecule has 1 aliphatic carbocycles. The normalized spacial score (nSPS) is 19.8. The van der Waals surface area contributed by atoms with E-state index in [0.29, 0.717) is 43.6 Å². The number of carbonyl (C=O) groups is 4. The van der Waals surface area contributed by atoms with Crippen molar-refractivity contribution in [1.29, 1.82) is 0 Å². The lowest BCUT2D eigenvalue weighted by Gasteiger charge is -2.34. The van der Waals surface area contributed by atoms with Crippen LogP contribution in [-0.4, -0.2) is 98.9 Å². The monoisotopic (exact) mass is 537 g/mol. The van der Waals surface area contributed by atoms with E-state index >= 15 is 0 Å². The van der Waals surface area contributed by atoms with Crippen LogP contribution < -0.4 is 5.32 Å². The molecule has 0 saturated carbocycles. The average Bonchev–Trinajstić information content (AvgIpc) is 3.26. The van der Waals surface area contributed by atoms with Gasteiger partial charge in [0.15, 0.2) is 5.69 Å². The molecule has 210 valence electrons. The molecule has 11 heteroatoms. The second-order valence-corrected chi connectivity index (χ2v) is 10.9. The minimum atomic E-state index is -0.291. The number of nitrogens with zero attached hydrogens (tertiary/aromatic N) is 6. The first-order valence-electron chi connectivity index (χ1n) is 13.7. The number of fused-ring (bicyclic) bond motifs is 1. The zero-order valence-electron chi connectivity index (χ0n) is 23.4. The summed E-state index contributed by atoms with van der Waals surface area (Å²) in [6.45, 7) is 5.42. The largest absolute Gasteiger partial charge is 0.349 e. The van der Waals surface area contributed by atoms with Crippen LogP contribution >= 0.6 is 0 Å². The Morgan fingerprint density at radius 2 is 1.82 bits per heavy atom. The summed E-state index contributed by atoms with van der Waals surface area (Å²) in [6.07, 6.45) is 5.79. The van der Waals surface area contributed by atoms with Crippen molar-refractivity contribution in [3.63, 3.8) is 0 Å². The van der Waals surface area contributed by atoms with Crippen LogP contribution in [0.2, 0.25) is 0 Å². The van der Waals surface area contributed by atoms with Gasteiger partial charge in [0.1, 0.15) is 0 Å². The van der Waals surface area contributed by atoms with E-state index in [4.69, 9.17) is 0 Å². The number of aromatic nitrogens is 3. The molecule has 2 aromatic rings. The smallest absolute Gasteiger partial charge is 0.272 e. The van der Waals surface area contributed by atoms with Crippen molar-refractivity contribution in [2.24, 2.45) is 13.0 Å². The Balaban J connectivity index is 1.62. The number of nitrogens with one attached hydrogen (secondary N) is 1. The predicted molar refractivity (Wildman–Crippen MR) is 145 cm³/mol. The van der Waals surface area contributed by atoms with E-state index < -0.39 is 0 Å². The Labute approximate surface area is 229 Å². The molecule has 1 unspecified atom stereocenters. The highest BCUT2D eigenvalue weighted by Crippen LogP contribution is 2.27. The molecule has 0 radical (unpaired) electrons. The lowest BCUT2D eigenvalue weighted by Crippen LogP contribution is -2.47. The first-order valence-corrected chi connectivity index (χ1v) is 13.7. The summed E-state index contributed by atoms with van der Waals surface area (Å²) >= 11 is 0. The maximum atomic E-state index is 13.3. The molecule has 1 N–H and O–H groups in total. The maximum Gasteiger partial charge on any atom is 0.272 e. The van der Waals surface area contributed by atoms with Crippen molar-refractivity contribution in [3.8, 4) is 0 Å². The molecule has 2 bridgehead atoms. The summed E-state index contributed by atoms with van der Waals surface area (Å²) < 4.78 is 1.75. The zero-order valence-corrected chi connectivity index (χ0v) is 23.4. The van der Waals surface area contributed by atoms with Gasteiger partial charge in [-0.2, -0.15) is 5.10 Å². The zero-order chi connectivity index (χ0) is 28.1. The summed E-state index contributed by atoms with van der Waals surface area (Å²) in [7, 11) is 3.62. The highest BCUT2D eigenvalue weighted by Gasteiger charge is 2.32. The van der Waals surface area contributed by atoms with Crippen molar-refractivity contribution >= 4 is 23.6 Å². The number of hydrogen-bond donors (Lipinski definition) is 1. The number of aryl methyl sites for hydroxylation is 1. The summed E-state index contributed by atoms with van der Waals surface area (Å²) in [6, 6.07) is 3.22. The van der Waals surface area contributed by atoms with Crippen LogP contribution in [0.3, 0.4) is 0 Å². The molecule has 1 aliphatic heterocycles. The molecule has 0 aromatic carbocycles. The molecule has 0 fully saturated rings. The van der Waals surface area contributed by atoms with E-state index in [0.717, 1.165) is 17.7 Å². The molecular formula is C28H39N7O4. The van der Waals surface area contributed by atoms with Crippen molar-refractivity contribution in [3.05, 3.63) is 47.0 Å². The SMILES string of the molecule is CC(C)CN1CC(=O)N(C)C2CCc3c(c(nn3C)C(=O)NCCN(C(=O)c3ccncc3)CCCC1=O)C2. The summed E-state index contributed by atoms with van der Waals surface area (Å²) in [4.78, 5) is 62.0. The Kier molecular flexibility index (Phi) is 8.98. The molecule has 0 saturated heterocycles. The maximum absolute atomic E-state index is 13.3. The third-order valence-corrected chi connectivity index (χ3v) is 7.55. The second kappa shape index (κ2) is 12.4. The molecule has 11 nitrogen and oxygen atoms in total. The molecule has 1 atom stereocenters. The quantitative estimate of drug-likeness (QED) is 0.630. The van der Waals surface area contributed by atoms with Gasteiger partial charge in [-0.05, 0) is 43.7 Å². The van der Waals surface area contributed by atoms with Gasteiger partial charge in [0.2, 0.25) is 11.8 Å². The molecule has 0 spiro atoms. The van der Waals surface area contributed by atoms with Crippen LogP contribution in [0.15, 0.2) is 24.5 Å². The molecule has 4 amide bonds. The molecule has 2 aromatic heterocycles. The molecule has 39 heavy (non-hydrogen) atoms. The number of amides is 4. The third kappa shape index (κ3) is 6.63. The number of rotatable bonds is 3. The fourth-order valence-corrected chi connectivity index (χ4v) is 5.42. The fourth-order valence-electron chi connectivity index (χ4n) is 5.42. The Hall–Kier alpha value is -3.76. The van der Waals surface area contributed by atoms with E-state index in [1.165, 1.54) is 0 Å². The van der Waals surface area contributed by atoms with Gasteiger partial charge in [-0.1, -0.05) is 13.8 Å². The van der Waals surface area contributed by atoms with Crippen molar-refractivity contribution < 1.29 is 19.2 Å². The second-order valence-electron chi connectivity index (χ2n) is 10.9. The van der Waals surface area contributed by atoms with E-state index in [9.17, 15) is 19.2 Å². The van der Waals surface area contributed by atoms with Gasteiger partial charge < -0.3 is 20.0 Å². The number of pyridine rings is 1. The van der Waals surface area contributed by atoms with Crippen LogP contribution in [0.4, 0.5) is 0 Å². The summed E-state index contributed by atoms with van der Waals surface area (Å²) in [5.41, 5.74) is 2.72. The first-order chi connectivity index (χ1) is 18.7. The van der Waals surface area contributed by atoms with E-state index in [1.54, 1.807) is 51.0 Å². The number of likely N-dealkylation sites (N-methyl/N-ethyl adjacent to an activating group) is 1. The van der Waals surface area contributed by atoms with Crippen LogP contribution in [0.25, 0.3) is 0 Å². The first kappa shape index (κ1) is 28.3. The molecule has 4 rings (SSSR count). The van der Waals surface area contributed by atoms with Crippen molar-refractivity contribution in [2.75, 3.05) is 39.8 Å². The molecule has 2 aliphatic rings. The van der Waals surface area contributed by atoms with E-state index in [1.807, 2.05) is 20.9 Å². The number of hydrogen-bond acceptors (Lipinski definition) is 6. The molecule has 3 heterocycles. The van der Waals surface area contributed by atoms with Gasteiger partial charge >= 0.3 is 0 Å². The van der Waals surface area contributed by atoms with Crippen molar-refractivity contribution in [2.45, 2.75) is 52.0 Å². The van der Waals surface area contributed by atoms with Crippen LogP contribution in [0.5, 0.6) is 0 Å². The average molecular weight is 538 g/mol. The van der Waals surface area contributed by atoms with E-state index in [2.05, 4.69) is 15.4 Å². The Morgan fingerprint density at radius 3 is 2.54 bits per heavy atom. The van der Waals surface area contributed by atoms with Gasteiger partial charge in [0.25, 0.3) is 11.8 Å². The summed E-state index contributed by atoms with van der Waals surface area (Å²) in [5, 5.41) is 7.44. The van der Waals surface area contributed by atoms with Crippen molar-refractivity contribution in [1.82, 2.24) is 34.8 Å². The topological polar surface area (TPSA) is 121 Å². The standard InChI is InChI=1S/C28H39N7O4/c1-19(2)17-35-18-25(37)32(3)21-7-8-23-22(16-21)26(31-33(23)4)27(38)30-13-15-34(14-5-6-24(35)36)28(39)20-9-11-29-12-10-20/h9-12,19,21H,5-8,13-18H2,1-4H3,(H,30,38). The van der Waals surface area contributed by atoms with Gasteiger partial charge in [-0.15, -0.1) is 0 Å².